The molecule has 0 unspecified atom stereocenters. The molecule has 2 atom stereocenters. The van der Waals surface area contributed by atoms with Gasteiger partial charge in [-0.1, -0.05) is 18.0 Å². The molecule has 110 valence electrons. The monoisotopic (exact) mass is 284 g/mol. The van der Waals surface area contributed by atoms with Gasteiger partial charge in [0.25, 0.3) is 5.89 Å². The van der Waals surface area contributed by atoms with Gasteiger partial charge in [-0.2, -0.15) is 4.98 Å². The lowest BCUT2D eigenvalue weighted by Gasteiger charge is -2.22. The van der Waals surface area contributed by atoms with Crippen molar-refractivity contribution in [2.75, 3.05) is 18.0 Å². The van der Waals surface area contributed by atoms with Crippen molar-refractivity contribution in [3.05, 3.63) is 24.2 Å². The van der Waals surface area contributed by atoms with E-state index in [-0.39, 0.29) is 0 Å². The highest BCUT2D eigenvalue weighted by Crippen LogP contribution is 2.39. The fourth-order valence-electron chi connectivity index (χ4n) is 3.80. The Labute approximate surface area is 124 Å². The van der Waals surface area contributed by atoms with Gasteiger partial charge in [-0.05, 0) is 43.7 Å². The maximum Gasteiger partial charge on any atom is 0.261 e. The molecule has 0 N–H and O–H groups in total. The van der Waals surface area contributed by atoms with Crippen molar-refractivity contribution >= 4 is 5.82 Å². The maximum absolute atomic E-state index is 5.34. The Morgan fingerprint density at radius 2 is 1.95 bits per heavy atom. The topological polar surface area (TPSA) is 55.1 Å². The number of aromatic nitrogens is 3. The number of anilines is 1. The van der Waals surface area contributed by atoms with Crippen molar-refractivity contribution in [1.82, 2.24) is 15.1 Å². The fourth-order valence-corrected chi connectivity index (χ4v) is 3.80. The van der Waals surface area contributed by atoms with Gasteiger partial charge in [-0.15, -0.1) is 0 Å². The van der Waals surface area contributed by atoms with E-state index < -0.39 is 0 Å². The van der Waals surface area contributed by atoms with E-state index in [1.165, 1.54) is 25.7 Å². The summed E-state index contributed by atoms with van der Waals surface area (Å²) >= 11 is 0. The lowest BCUT2D eigenvalue weighted by Crippen LogP contribution is -2.21. The van der Waals surface area contributed by atoms with E-state index >= 15 is 0 Å². The van der Waals surface area contributed by atoms with Gasteiger partial charge in [0.05, 0.1) is 5.56 Å². The van der Waals surface area contributed by atoms with Crippen LogP contribution >= 0.6 is 0 Å². The van der Waals surface area contributed by atoms with Crippen LogP contribution in [0.25, 0.3) is 11.5 Å². The minimum atomic E-state index is 0.575. The zero-order valence-electron chi connectivity index (χ0n) is 12.3. The molecule has 0 radical (unpaired) electrons. The summed E-state index contributed by atoms with van der Waals surface area (Å²) in [5.74, 6) is 3.90. The second kappa shape index (κ2) is 5.13. The first-order chi connectivity index (χ1) is 10.3. The van der Waals surface area contributed by atoms with Crippen LogP contribution in [0.2, 0.25) is 0 Å². The molecule has 1 aliphatic carbocycles. The lowest BCUT2D eigenvalue weighted by atomic mass is 9.82. The van der Waals surface area contributed by atoms with Crippen molar-refractivity contribution in [3.63, 3.8) is 0 Å². The van der Waals surface area contributed by atoms with Crippen molar-refractivity contribution in [2.24, 2.45) is 11.8 Å². The average molecular weight is 284 g/mol. The normalized spacial score (nSPS) is 25.1. The highest BCUT2D eigenvalue weighted by Gasteiger charge is 2.35. The van der Waals surface area contributed by atoms with Gasteiger partial charge >= 0.3 is 0 Å². The van der Waals surface area contributed by atoms with Gasteiger partial charge in [-0.3, -0.25) is 0 Å². The summed E-state index contributed by atoms with van der Waals surface area (Å²) in [6.45, 7) is 4.07. The number of aryl methyl sites for hydroxylation is 1. The molecule has 0 amide bonds. The molecule has 3 heterocycles. The number of pyridine rings is 1. The summed E-state index contributed by atoms with van der Waals surface area (Å²) in [6, 6.07) is 3.96. The van der Waals surface area contributed by atoms with Crippen molar-refractivity contribution in [3.8, 4) is 11.5 Å². The van der Waals surface area contributed by atoms with E-state index in [2.05, 4.69) is 20.0 Å². The number of hydrogen-bond donors (Lipinski definition) is 0. The first-order valence-corrected chi connectivity index (χ1v) is 7.82. The minimum Gasteiger partial charge on any atom is -0.355 e. The molecule has 21 heavy (non-hydrogen) atoms. The fraction of sp³-hybridized carbons (Fsp3) is 0.562. The van der Waals surface area contributed by atoms with Crippen LogP contribution in [0.3, 0.4) is 0 Å². The van der Waals surface area contributed by atoms with Crippen LogP contribution < -0.4 is 4.90 Å². The van der Waals surface area contributed by atoms with Gasteiger partial charge in [0.1, 0.15) is 5.82 Å². The van der Waals surface area contributed by atoms with Gasteiger partial charge in [-0.25, -0.2) is 4.98 Å². The third-order valence-corrected chi connectivity index (χ3v) is 4.82. The van der Waals surface area contributed by atoms with Gasteiger partial charge < -0.3 is 9.42 Å². The van der Waals surface area contributed by atoms with E-state index in [1.807, 2.05) is 25.3 Å². The van der Waals surface area contributed by atoms with Gasteiger partial charge in [0.2, 0.25) is 0 Å². The summed E-state index contributed by atoms with van der Waals surface area (Å²) in [4.78, 5) is 11.4. The van der Waals surface area contributed by atoms with Crippen LogP contribution in [-0.2, 0) is 0 Å². The molecule has 1 aliphatic heterocycles. The molecular weight excluding hydrogens is 264 g/mol. The number of fused-ring (bicyclic) bond motifs is 1. The molecule has 2 aromatic heterocycles. The number of nitrogens with zero attached hydrogens (tertiary/aromatic N) is 4. The molecule has 0 aromatic carbocycles. The Morgan fingerprint density at radius 1 is 1.19 bits per heavy atom. The Morgan fingerprint density at radius 3 is 2.62 bits per heavy atom. The molecule has 5 nitrogen and oxygen atoms in total. The summed E-state index contributed by atoms with van der Waals surface area (Å²) in [6.07, 6.45) is 7.34. The first-order valence-electron chi connectivity index (χ1n) is 7.82. The molecular formula is C16H20N4O. The third kappa shape index (κ3) is 2.30. The third-order valence-electron chi connectivity index (χ3n) is 4.82. The smallest absolute Gasteiger partial charge is 0.261 e. The van der Waals surface area contributed by atoms with E-state index in [0.29, 0.717) is 11.7 Å². The maximum atomic E-state index is 5.34. The predicted octanol–water partition coefficient (Wildman–Crippen LogP) is 3.07. The summed E-state index contributed by atoms with van der Waals surface area (Å²) in [5.41, 5.74) is 0.955. The van der Waals surface area contributed by atoms with Crippen molar-refractivity contribution in [2.45, 2.75) is 32.6 Å². The quantitative estimate of drug-likeness (QED) is 0.848. The Balaban J connectivity index is 1.66. The molecule has 2 aromatic rings. The van der Waals surface area contributed by atoms with Crippen molar-refractivity contribution < 1.29 is 4.52 Å². The van der Waals surface area contributed by atoms with E-state index in [0.717, 1.165) is 36.3 Å². The van der Waals surface area contributed by atoms with Crippen LogP contribution in [0.15, 0.2) is 22.9 Å². The molecule has 4 rings (SSSR count). The molecule has 1 saturated heterocycles. The SMILES string of the molecule is Cc1noc(-c2cccnc2N2C[C@H]3CCCC[C@@H]3C2)n1. The van der Waals surface area contributed by atoms with Crippen LogP contribution in [0.1, 0.15) is 31.5 Å². The van der Waals surface area contributed by atoms with E-state index in [9.17, 15) is 0 Å². The second-order valence-electron chi connectivity index (χ2n) is 6.23. The van der Waals surface area contributed by atoms with Crippen LogP contribution in [-0.4, -0.2) is 28.2 Å². The van der Waals surface area contributed by atoms with Gasteiger partial charge in [0.15, 0.2) is 5.82 Å². The average Bonchev–Trinajstić information content (AvgIpc) is 3.13. The summed E-state index contributed by atoms with van der Waals surface area (Å²) < 4.78 is 5.34. The van der Waals surface area contributed by atoms with Crippen LogP contribution in [0.4, 0.5) is 5.82 Å². The largest absolute Gasteiger partial charge is 0.355 e. The predicted molar refractivity (Wildman–Crippen MR) is 79.9 cm³/mol. The van der Waals surface area contributed by atoms with E-state index in [4.69, 9.17) is 4.52 Å². The standard InChI is InChI=1S/C16H20N4O/c1-11-18-16(21-19-11)14-7-4-8-17-15(14)20-9-12-5-2-3-6-13(12)10-20/h4,7-8,12-13H,2-3,5-6,9-10H2,1H3/t12-,13-/m1/s1. The molecule has 2 fully saturated rings. The second-order valence-corrected chi connectivity index (χ2v) is 6.23. The Kier molecular flexibility index (Phi) is 3.13. The summed E-state index contributed by atoms with van der Waals surface area (Å²) in [7, 11) is 0. The zero-order valence-corrected chi connectivity index (χ0v) is 12.3. The minimum absolute atomic E-state index is 0.575. The Hall–Kier alpha value is -1.91. The molecule has 1 saturated carbocycles. The molecule has 0 bridgehead atoms. The van der Waals surface area contributed by atoms with Crippen LogP contribution in [0, 0.1) is 18.8 Å². The highest BCUT2D eigenvalue weighted by atomic mass is 16.5. The van der Waals surface area contributed by atoms with Crippen LogP contribution in [0.5, 0.6) is 0 Å². The molecule has 0 spiro atoms. The van der Waals surface area contributed by atoms with E-state index in [1.54, 1.807) is 0 Å². The first kappa shape index (κ1) is 12.8. The highest BCUT2D eigenvalue weighted by molar-refractivity contribution is 5.70. The lowest BCUT2D eigenvalue weighted by molar-refractivity contribution is 0.299. The summed E-state index contributed by atoms with van der Waals surface area (Å²) in [5, 5.41) is 3.90. The number of rotatable bonds is 2. The molecule has 2 aliphatic rings. The van der Waals surface area contributed by atoms with Gasteiger partial charge in [0, 0.05) is 19.3 Å². The zero-order chi connectivity index (χ0) is 14.2. The Bertz CT molecular complexity index is 625. The van der Waals surface area contributed by atoms with Crippen molar-refractivity contribution in [1.29, 1.82) is 0 Å². The number of hydrogen-bond acceptors (Lipinski definition) is 5. The molecule has 5 heteroatoms.